The molecule has 10 amide bonds. The minimum atomic E-state index is -1.17. The number of nitrogens with zero attached hydrogens (tertiary/aromatic N) is 12. The Morgan fingerprint density at radius 3 is 1.01 bits per heavy atom. The Labute approximate surface area is 499 Å². The molecular formula is C54H62N22O12. The highest BCUT2D eigenvalue weighted by molar-refractivity contribution is 6.06. The molecule has 0 aromatic carbocycles. The monoisotopic (exact) mass is 1210 g/mol. The number of carbonyl (C=O) groups excluding carboxylic acids is 10. The number of aromatic carboxylic acids is 1. The highest BCUT2D eigenvalue weighted by Crippen LogP contribution is 2.20. The van der Waals surface area contributed by atoms with Gasteiger partial charge in [0, 0.05) is 151 Å². The first-order valence-corrected chi connectivity index (χ1v) is 26.8. The highest BCUT2D eigenvalue weighted by atomic mass is 16.4. The SMILES string of the molecule is Cn1cc(NC(=O)c2nc(NC(=O)CCNC(=O)c3cc(NC(=O)c4nc(NC(=O)CCCNC(=O)c5cc(NC(=O)c6nc(NC(=O)CCNC(=O)c7cc(NC(=O)c8nccn8C)cn7C)cn6C)cn5C)cn4C)cn3C)cn2C)cc1C(=O)O. The first-order chi connectivity index (χ1) is 41.8. The largest absolute Gasteiger partial charge is 0.477 e. The van der Waals surface area contributed by atoms with Gasteiger partial charge in [-0.1, -0.05) is 0 Å². The molecule has 8 aromatic heterocycles. The van der Waals surface area contributed by atoms with Crippen LogP contribution >= 0.6 is 0 Å². The Balaban J connectivity index is 0.714. The van der Waals surface area contributed by atoms with Gasteiger partial charge in [0.1, 0.15) is 22.8 Å². The Bertz CT molecular complexity index is 4060. The smallest absolute Gasteiger partial charge is 0.352 e. The van der Waals surface area contributed by atoms with E-state index in [0.29, 0.717) is 5.69 Å². The average molecular weight is 1210 g/mol. The zero-order valence-corrected chi connectivity index (χ0v) is 48.8. The van der Waals surface area contributed by atoms with Gasteiger partial charge in [0.15, 0.2) is 23.3 Å². The van der Waals surface area contributed by atoms with Gasteiger partial charge in [0.2, 0.25) is 35.2 Å². The van der Waals surface area contributed by atoms with Crippen LogP contribution in [0.25, 0.3) is 0 Å². The lowest BCUT2D eigenvalue weighted by Crippen LogP contribution is -2.29. The predicted molar refractivity (Wildman–Crippen MR) is 315 cm³/mol. The molecule has 8 heterocycles. The summed E-state index contributed by atoms with van der Waals surface area (Å²) in [5, 5.41) is 35.8. The number of carboxylic acids is 1. The van der Waals surface area contributed by atoms with E-state index in [4.69, 9.17) is 0 Å². The summed E-state index contributed by atoms with van der Waals surface area (Å²) in [5.41, 5.74) is 1.70. The van der Waals surface area contributed by atoms with Gasteiger partial charge in [-0.25, -0.2) is 24.7 Å². The summed E-state index contributed by atoms with van der Waals surface area (Å²) in [4.78, 5) is 157. The van der Waals surface area contributed by atoms with E-state index in [2.05, 4.69) is 73.1 Å². The van der Waals surface area contributed by atoms with Crippen LogP contribution in [-0.2, 0) is 70.8 Å². The summed E-state index contributed by atoms with van der Waals surface area (Å²) >= 11 is 0. The van der Waals surface area contributed by atoms with Crippen molar-refractivity contribution in [1.82, 2.24) is 72.4 Å². The van der Waals surface area contributed by atoms with Crippen molar-refractivity contribution >= 4 is 105 Å². The third-order valence-corrected chi connectivity index (χ3v) is 13.2. The molecule has 0 aliphatic rings. The van der Waals surface area contributed by atoms with Crippen LogP contribution in [0.4, 0.5) is 40.2 Å². The number of carboxylic acid groups (broad SMARTS) is 1. The van der Waals surface area contributed by atoms with Crippen LogP contribution in [-0.4, -0.2) is 146 Å². The molecule has 0 unspecified atom stereocenters. The van der Waals surface area contributed by atoms with Crippen molar-refractivity contribution in [2.24, 2.45) is 56.4 Å². The van der Waals surface area contributed by atoms with E-state index >= 15 is 0 Å². The summed E-state index contributed by atoms with van der Waals surface area (Å²) in [6, 6.07) is 5.66. The Kier molecular flexibility index (Phi) is 18.9. The normalized spacial score (nSPS) is 10.9. The second-order valence-corrected chi connectivity index (χ2v) is 20.1. The highest BCUT2D eigenvalue weighted by Gasteiger charge is 2.24. The van der Waals surface area contributed by atoms with Crippen molar-refractivity contribution in [3.05, 3.63) is 126 Å². The standard InChI is InChI=1S/C54H62N22O12/c1-69-17-16-55-43(69)50(83)59-29-18-34(71(3)22-29)48(81)57-14-11-41(78)64-38-27-75(7)45(67-38)52(85)60-30-19-33(70(2)23-30)47(80)56-13-9-10-40(77)63-37-26-74(6)44(66-37)51(84)61-31-20-35(72(4)24-31)49(82)58-15-12-42(79)65-39-28-76(8)46(68-39)53(86)62-32-21-36(54(87)88)73(5)25-32/h16-28H,9-15H2,1-8H3,(H,56,80)(H,57,81)(H,58,82)(H,59,83)(H,60,85)(H,61,84)(H,62,86)(H,63,77)(H,64,78)(H,65,79)(H,87,88). The van der Waals surface area contributed by atoms with Crippen molar-refractivity contribution in [1.29, 1.82) is 0 Å². The van der Waals surface area contributed by atoms with Crippen LogP contribution in [0.5, 0.6) is 0 Å². The topological polar surface area (TPSA) is 419 Å². The van der Waals surface area contributed by atoms with Gasteiger partial charge in [-0.3, -0.25) is 47.9 Å². The van der Waals surface area contributed by atoms with E-state index in [-0.39, 0.29) is 126 Å². The van der Waals surface area contributed by atoms with E-state index in [1.807, 2.05) is 0 Å². The first kappa shape index (κ1) is 62.2. The summed E-state index contributed by atoms with van der Waals surface area (Å²) < 4.78 is 11.6. The van der Waals surface area contributed by atoms with Gasteiger partial charge in [-0.15, -0.1) is 0 Å². The molecule has 0 aliphatic heterocycles. The van der Waals surface area contributed by atoms with Crippen molar-refractivity contribution in [3.63, 3.8) is 0 Å². The van der Waals surface area contributed by atoms with Crippen LogP contribution in [0.15, 0.2) is 80.0 Å². The quantitative estimate of drug-likeness (QED) is 0.0360. The molecule has 88 heavy (non-hydrogen) atoms. The summed E-state index contributed by atoms with van der Waals surface area (Å²) in [7, 11) is 12.7. The summed E-state index contributed by atoms with van der Waals surface area (Å²) in [6.45, 7) is -0.00963. The number of hydrogen-bond acceptors (Lipinski definition) is 15. The maximum atomic E-state index is 13.3. The summed E-state index contributed by atoms with van der Waals surface area (Å²) in [6.07, 6.45) is 13.3. The van der Waals surface area contributed by atoms with Crippen LogP contribution in [0, 0.1) is 0 Å². The van der Waals surface area contributed by atoms with E-state index < -0.39 is 65.0 Å². The molecule has 0 bridgehead atoms. The fourth-order valence-corrected chi connectivity index (χ4v) is 8.88. The number of rotatable bonds is 25. The van der Waals surface area contributed by atoms with Gasteiger partial charge >= 0.3 is 5.97 Å². The zero-order valence-electron chi connectivity index (χ0n) is 48.8. The number of anilines is 7. The van der Waals surface area contributed by atoms with E-state index in [1.54, 1.807) is 59.2 Å². The molecule has 0 fully saturated rings. The van der Waals surface area contributed by atoms with E-state index in [0.717, 1.165) is 0 Å². The fraction of sp³-hybridized carbons (Fsp3) is 0.278. The molecule has 34 nitrogen and oxygen atoms in total. The molecule has 0 saturated heterocycles. The van der Waals surface area contributed by atoms with Crippen molar-refractivity contribution in [3.8, 4) is 0 Å². The maximum Gasteiger partial charge on any atom is 0.352 e. The number of nitrogens with one attached hydrogen (secondary N) is 10. The number of aromatic nitrogens is 12. The Morgan fingerprint density at radius 1 is 0.364 bits per heavy atom. The summed E-state index contributed by atoms with van der Waals surface area (Å²) in [5.74, 6) is -6.25. The van der Waals surface area contributed by atoms with Gasteiger partial charge < -0.3 is 94.8 Å². The molecule has 0 radical (unpaired) electrons. The first-order valence-electron chi connectivity index (χ1n) is 26.8. The minimum absolute atomic E-state index is 0.0251. The zero-order chi connectivity index (χ0) is 63.7. The number of carbonyl (C=O) groups is 11. The molecular weight excluding hydrogens is 1150 g/mol. The molecule has 34 heteroatoms. The van der Waals surface area contributed by atoms with Gasteiger partial charge in [-0.05, 0) is 30.7 Å². The second kappa shape index (κ2) is 26.8. The van der Waals surface area contributed by atoms with Gasteiger partial charge in [0.05, 0.1) is 22.7 Å². The fourth-order valence-electron chi connectivity index (χ4n) is 8.88. The van der Waals surface area contributed by atoms with Crippen molar-refractivity contribution in [2.45, 2.75) is 25.7 Å². The lowest BCUT2D eigenvalue weighted by Gasteiger charge is -2.06. The molecule has 8 aromatic rings. The van der Waals surface area contributed by atoms with Crippen molar-refractivity contribution in [2.75, 3.05) is 56.9 Å². The molecule has 8 rings (SSSR count). The molecule has 0 atom stereocenters. The van der Waals surface area contributed by atoms with Gasteiger partial charge in [-0.2, -0.15) is 0 Å². The molecule has 11 N–H and O–H groups in total. The number of aryl methyl sites for hydroxylation is 8. The van der Waals surface area contributed by atoms with E-state index in [9.17, 15) is 57.8 Å². The Morgan fingerprint density at radius 2 is 0.682 bits per heavy atom. The molecule has 460 valence electrons. The Hall–Kier alpha value is -11.9. The average Bonchev–Trinajstić information content (AvgIpc) is 4.48. The number of imidazole rings is 4. The third kappa shape index (κ3) is 15.3. The lowest BCUT2D eigenvalue weighted by molar-refractivity contribution is -0.117. The van der Waals surface area contributed by atoms with Crippen LogP contribution < -0.4 is 53.2 Å². The maximum absolute atomic E-state index is 13.3. The predicted octanol–water partition coefficient (Wildman–Crippen LogP) is 1.35. The van der Waals surface area contributed by atoms with Crippen molar-refractivity contribution < 1.29 is 57.8 Å². The van der Waals surface area contributed by atoms with Crippen LogP contribution in [0.2, 0.25) is 0 Å². The second-order valence-electron chi connectivity index (χ2n) is 20.1. The van der Waals surface area contributed by atoms with Gasteiger partial charge in [0.25, 0.3) is 41.4 Å². The molecule has 0 aliphatic carbocycles. The lowest BCUT2D eigenvalue weighted by atomic mass is 10.3. The van der Waals surface area contributed by atoms with Crippen LogP contribution in [0.1, 0.15) is 110 Å². The van der Waals surface area contributed by atoms with E-state index in [1.165, 1.54) is 114 Å². The number of hydrogen-bond donors (Lipinski definition) is 11. The third-order valence-electron chi connectivity index (χ3n) is 13.2. The number of amides is 10. The minimum Gasteiger partial charge on any atom is -0.477 e. The molecule has 0 saturated carbocycles. The molecule has 0 spiro atoms. The van der Waals surface area contributed by atoms with Crippen LogP contribution in [0.3, 0.4) is 0 Å².